The number of carboxylic acids is 1. The molecule has 7 rings (SSSR count). The van der Waals surface area contributed by atoms with Gasteiger partial charge in [0.25, 0.3) is 0 Å². The van der Waals surface area contributed by atoms with Gasteiger partial charge >= 0.3 is 5.97 Å². The van der Waals surface area contributed by atoms with Crippen molar-refractivity contribution in [3.05, 3.63) is 11.6 Å². The van der Waals surface area contributed by atoms with Gasteiger partial charge in [0.15, 0.2) is 12.6 Å². The Bertz CT molecular complexity index is 1440. The maximum absolute atomic E-state index is 13.0. The molecule has 302 valence electrons. The minimum Gasteiger partial charge on any atom is -0.481 e. The van der Waals surface area contributed by atoms with Crippen molar-refractivity contribution in [2.45, 2.75) is 174 Å². The van der Waals surface area contributed by atoms with Crippen LogP contribution in [0.25, 0.3) is 0 Å². The maximum atomic E-state index is 13.0. The van der Waals surface area contributed by atoms with Crippen molar-refractivity contribution >= 4 is 5.97 Å². The zero-order valence-electron chi connectivity index (χ0n) is 32.7. The number of allylic oxidation sites excluding steroid dienone is 2. The number of rotatable bonds is 6. The van der Waals surface area contributed by atoms with Gasteiger partial charge in [-0.2, -0.15) is 0 Å². The maximum Gasteiger partial charge on any atom is 0.310 e. The molecule has 0 amide bonds. The summed E-state index contributed by atoms with van der Waals surface area (Å²) in [6.07, 6.45) is -1.79. The second-order valence-electron chi connectivity index (χ2n) is 20.0. The highest BCUT2D eigenvalue weighted by Crippen LogP contribution is 2.76. The first kappa shape index (κ1) is 40.0. The van der Waals surface area contributed by atoms with Gasteiger partial charge in [-0.15, -0.1) is 0 Å². The normalized spacial score (nSPS) is 55.1. The van der Waals surface area contributed by atoms with Crippen LogP contribution in [0.5, 0.6) is 0 Å². The first-order chi connectivity index (χ1) is 24.7. The van der Waals surface area contributed by atoms with Gasteiger partial charge in [-0.25, -0.2) is 0 Å². The van der Waals surface area contributed by atoms with E-state index < -0.39 is 78.2 Å². The molecule has 12 heteroatoms. The number of hydrogen-bond donors (Lipinski definition) is 7. The van der Waals surface area contributed by atoms with Gasteiger partial charge in [-0.05, 0) is 111 Å². The van der Waals surface area contributed by atoms with Gasteiger partial charge in [0.2, 0.25) is 0 Å². The lowest BCUT2D eigenvalue weighted by Gasteiger charge is -2.71. The number of carbonyl (C=O) groups is 1. The van der Waals surface area contributed by atoms with Gasteiger partial charge in [0.1, 0.15) is 36.6 Å². The molecule has 7 N–H and O–H groups in total. The molecule has 0 spiro atoms. The summed E-state index contributed by atoms with van der Waals surface area (Å²) in [5.41, 5.74) is -0.239. The van der Waals surface area contributed by atoms with Gasteiger partial charge < -0.3 is 54.7 Å². The highest BCUT2D eigenvalue weighted by molar-refractivity contribution is 5.76. The molecule has 2 heterocycles. The molecular formula is C41H66O12. The molecule has 5 aliphatic carbocycles. The number of ether oxygens (including phenoxy) is 4. The average molecular weight is 751 g/mol. The fourth-order valence-corrected chi connectivity index (χ4v) is 13.3. The number of aliphatic hydroxyl groups is 6. The minimum atomic E-state index is -1.62. The Morgan fingerprint density at radius 2 is 1.53 bits per heavy atom. The van der Waals surface area contributed by atoms with Crippen molar-refractivity contribution in [2.24, 2.45) is 50.2 Å². The topological polar surface area (TPSA) is 196 Å². The van der Waals surface area contributed by atoms with E-state index in [1.807, 2.05) is 0 Å². The van der Waals surface area contributed by atoms with E-state index in [-0.39, 0.29) is 46.7 Å². The molecule has 2 aliphatic heterocycles. The summed E-state index contributed by atoms with van der Waals surface area (Å²) in [6, 6.07) is 0. The van der Waals surface area contributed by atoms with E-state index >= 15 is 0 Å². The predicted octanol–water partition coefficient (Wildman–Crippen LogP) is 3.52. The molecule has 18 atom stereocenters. The van der Waals surface area contributed by atoms with E-state index in [1.54, 1.807) is 0 Å². The van der Waals surface area contributed by atoms with E-state index in [1.165, 1.54) is 12.5 Å². The number of aliphatic hydroxyl groups excluding tert-OH is 6. The summed E-state index contributed by atoms with van der Waals surface area (Å²) in [4.78, 5) is 13.0. The van der Waals surface area contributed by atoms with Gasteiger partial charge in [-0.3, -0.25) is 4.79 Å². The number of aliphatic carboxylic acids is 1. The number of carboxylic acid groups (broad SMARTS) is 1. The van der Waals surface area contributed by atoms with Crippen LogP contribution in [0, 0.1) is 50.2 Å². The first-order valence-corrected chi connectivity index (χ1v) is 20.2. The molecule has 0 aromatic carbocycles. The van der Waals surface area contributed by atoms with Crippen LogP contribution in [0.4, 0.5) is 0 Å². The van der Waals surface area contributed by atoms with E-state index in [0.717, 1.165) is 51.4 Å². The predicted molar refractivity (Wildman–Crippen MR) is 192 cm³/mol. The van der Waals surface area contributed by atoms with E-state index in [2.05, 4.69) is 47.6 Å². The minimum absolute atomic E-state index is 0.0360. The Morgan fingerprint density at radius 3 is 2.21 bits per heavy atom. The van der Waals surface area contributed by atoms with E-state index in [4.69, 9.17) is 18.9 Å². The molecule has 0 aromatic heterocycles. The third kappa shape index (κ3) is 5.85. The van der Waals surface area contributed by atoms with Crippen LogP contribution in [0.3, 0.4) is 0 Å². The summed E-state index contributed by atoms with van der Waals surface area (Å²) in [5, 5.41) is 74.9. The van der Waals surface area contributed by atoms with Crippen molar-refractivity contribution in [2.75, 3.05) is 13.2 Å². The quantitative estimate of drug-likeness (QED) is 0.155. The molecule has 2 saturated heterocycles. The monoisotopic (exact) mass is 750 g/mol. The smallest absolute Gasteiger partial charge is 0.310 e. The molecule has 7 aliphatic rings. The Hall–Kier alpha value is -1.19. The molecule has 0 radical (unpaired) electrons. The Morgan fingerprint density at radius 1 is 0.830 bits per heavy atom. The van der Waals surface area contributed by atoms with Gasteiger partial charge in [-0.1, -0.05) is 53.2 Å². The summed E-state index contributed by atoms with van der Waals surface area (Å²) >= 11 is 0. The van der Waals surface area contributed by atoms with E-state index in [0.29, 0.717) is 18.8 Å². The first-order valence-electron chi connectivity index (χ1n) is 20.2. The van der Waals surface area contributed by atoms with Gasteiger partial charge in [0.05, 0.1) is 30.8 Å². The highest BCUT2D eigenvalue weighted by atomic mass is 16.8. The standard InChI is InChI=1S/C41H66O12/c1-21-28(44)30(46)31(47)33(51-21)53-32-29(45)24(43)19-50-34(32)52-27-11-12-37(4)25(38(27,5)20-42)10-13-40(7)26(37)9-8-22-23-18-36(2,3)14-16-41(23,35(48)49)17-15-39(22,40)6/h8,21,23-34,42-47H,9-20H2,1-7H3,(H,48,49)/t21-,23-,24-,25+,26+,27-,28-,29-,30+,31+,32+,33-,34-,37-,38-,39-,40+,41-/m0/s1. The summed E-state index contributed by atoms with van der Waals surface area (Å²) in [5.74, 6) is -0.194. The van der Waals surface area contributed by atoms with Crippen molar-refractivity contribution < 1.29 is 59.5 Å². The fraction of sp³-hybridized carbons (Fsp3) is 0.927. The number of hydrogen-bond acceptors (Lipinski definition) is 11. The Balaban J connectivity index is 1.15. The SMILES string of the molecule is C[C@@H]1O[C@@H](O[C@H]2[C@H](O[C@H]3CC[C@@]4(C)[C@@H](CC[C@]5(C)[C@@H]4CC=C4[C@@H]6CC(C)(C)CC[C@]6(C(=O)O)CC[C@@]45C)[C@]3(C)CO)OC[C@H](O)[C@@H]2O)[C@H](O)[C@H](O)[C@H]1O. The zero-order chi connectivity index (χ0) is 38.7. The summed E-state index contributed by atoms with van der Waals surface area (Å²) in [7, 11) is 0. The lowest BCUT2D eigenvalue weighted by atomic mass is 9.33. The van der Waals surface area contributed by atoms with Crippen LogP contribution >= 0.6 is 0 Å². The third-order valence-electron chi connectivity index (χ3n) is 17.0. The van der Waals surface area contributed by atoms with Crippen molar-refractivity contribution in [3.63, 3.8) is 0 Å². The highest BCUT2D eigenvalue weighted by Gasteiger charge is 2.70. The van der Waals surface area contributed by atoms with E-state index in [9.17, 15) is 40.5 Å². The molecule has 4 saturated carbocycles. The Labute approximate surface area is 314 Å². The average Bonchev–Trinajstić information content (AvgIpc) is 3.10. The van der Waals surface area contributed by atoms with Crippen molar-refractivity contribution in [1.82, 2.24) is 0 Å². The van der Waals surface area contributed by atoms with Crippen LogP contribution in [0.15, 0.2) is 11.6 Å². The molecule has 0 bridgehead atoms. The second kappa shape index (κ2) is 13.5. The van der Waals surface area contributed by atoms with Crippen molar-refractivity contribution in [3.8, 4) is 0 Å². The van der Waals surface area contributed by atoms with Crippen molar-refractivity contribution in [1.29, 1.82) is 0 Å². The third-order valence-corrected chi connectivity index (χ3v) is 17.0. The lowest BCUT2D eigenvalue weighted by molar-refractivity contribution is -0.365. The fourth-order valence-electron chi connectivity index (χ4n) is 13.3. The summed E-state index contributed by atoms with van der Waals surface area (Å²) < 4.78 is 24.3. The molecule has 53 heavy (non-hydrogen) atoms. The van der Waals surface area contributed by atoms with Crippen LogP contribution in [-0.4, -0.2) is 116 Å². The summed E-state index contributed by atoms with van der Waals surface area (Å²) in [6.45, 7) is 15.1. The van der Waals surface area contributed by atoms with Gasteiger partial charge in [0, 0.05) is 5.41 Å². The molecule has 6 fully saturated rings. The molecule has 0 aromatic rings. The Kier molecular flexibility index (Phi) is 10.2. The lowest BCUT2D eigenvalue weighted by Crippen LogP contribution is -2.67. The molecule has 0 unspecified atom stereocenters. The second-order valence-corrected chi connectivity index (χ2v) is 20.0. The number of fused-ring (bicyclic) bond motifs is 7. The van der Waals surface area contributed by atoms with Crippen LogP contribution in [0.1, 0.15) is 113 Å². The molecular weight excluding hydrogens is 684 g/mol. The van der Waals surface area contributed by atoms with Crippen LogP contribution in [-0.2, 0) is 23.7 Å². The largest absolute Gasteiger partial charge is 0.481 e. The molecule has 12 nitrogen and oxygen atoms in total. The van der Waals surface area contributed by atoms with Crippen LogP contribution < -0.4 is 0 Å². The zero-order valence-corrected chi connectivity index (χ0v) is 32.7. The van der Waals surface area contributed by atoms with Crippen LogP contribution in [0.2, 0.25) is 0 Å².